The molecule has 2 aromatic carbocycles. The van der Waals surface area contributed by atoms with Crippen molar-refractivity contribution in [3.63, 3.8) is 0 Å². The lowest BCUT2D eigenvalue weighted by atomic mass is 9.94. The highest BCUT2D eigenvalue weighted by Crippen LogP contribution is 2.46. The van der Waals surface area contributed by atoms with Crippen LogP contribution in [0.3, 0.4) is 0 Å². The van der Waals surface area contributed by atoms with Crippen LogP contribution in [0.5, 0.6) is 17.2 Å². The van der Waals surface area contributed by atoms with Crippen molar-refractivity contribution < 1.29 is 24.5 Å². The first kappa shape index (κ1) is 19.3. The number of rotatable bonds is 3. The standard InChI is InChI=1S/C23H24O6/c1-11(2)5-7-13-21-15(10-17(29-21)23(3,4)27)20(26)18-19(25)14-9-12(24)6-8-16(14)28-22(13)18/h5-6,8-9,17,24,26-27H,7,10H2,1-4H3/t17-/m0/s1. The number of allylic oxidation sites excluding steroid dienone is 2. The third-order valence-electron chi connectivity index (χ3n) is 5.37. The van der Waals surface area contributed by atoms with Crippen molar-refractivity contribution in [1.82, 2.24) is 0 Å². The van der Waals surface area contributed by atoms with E-state index in [4.69, 9.17) is 9.15 Å². The van der Waals surface area contributed by atoms with Gasteiger partial charge in [-0.25, -0.2) is 0 Å². The summed E-state index contributed by atoms with van der Waals surface area (Å²) in [4.78, 5) is 13.2. The number of phenolic OH excluding ortho intramolecular Hbond substituents is 2. The first-order valence-electron chi connectivity index (χ1n) is 9.56. The Morgan fingerprint density at radius 1 is 1.28 bits per heavy atom. The van der Waals surface area contributed by atoms with E-state index in [0.29, 0.717) is 28.9 Å². The first-order valence-corrected chi connectivity index (χ1v) is 9.56. The second-order valence-electron chi connectivity index (χ2n) is 8.40. The average molecular weight is 396 g/mol. The number of phenols is 2. The van der Waals surface area contributed by atoms with Gasteiger partial charge in [0, 0.05) is 17.5 Å². The van der Waals surface area contributed by atoms with E-state index in [1.807, 2.05) is 19.9 Å². The van der Waals surface area contributed by atoms with E-state index in [-0.39, 0.29) is 34.3 Å². The molecule has 3 N–H and O–H groups in total. The number of hydrogen-bond acceptors (Lipinski definition) is 6. The number of benzene rings is 2. The maximum atomic E-state index is 13.2. The number of ether oxygens (including phenoxy) is 1. The fraction of sp³-hybridized carbons (Fsp3) is 0.348. The van der Waals surface area contributed by atoms with Gasteiger partial charge in [-0.1, -0.05) is 11.6 Å². The largest absolute Gasteiger partial charge is 0.508 e. The summed E-state index contributed by atoms with van der Waals surface area (Å²) in [6, 6.07) is 4.31. The van der Waals surface area contributed by atoms with Crippen molar-refractivity contribution in [2.75, 3.05) is 0 Å². The van der Waals surface area contributed by atoms with E-state index in [1.54, 1.807) is 13.8 Å². The van der Waals surface area contributed by atoms with Gasteiger partial charge in [0.25, 0.3) is 0 Å². The van der Waals surface area contributed by atoms with Crippen LogP contribution in [0.25, 0.3) is 21.9 Å². The van der Waals surface area contributed by atoms with E-state index in [2.05, 4.69) is 0 Å². The third kappa shape index (κ3) is 3.13. The number of hydrogen-bond donors (Lipinski definition) is 3. The maximum Gasteiger partial charge on any atom is 0.204 e. The third-order valence-corrected chi connectivity index (χ3v) is 5.37. The molecule has 1 aliphatic rings. The van der Waals surface area contributed by atoms with Gasteiger partial charge in [0.2, 0.25) is 5.43 Å². The lowest BCUT2D eigenvalue weighted by molar-refractivity contribution is -0.0232. The maximum absolute atomic E-state index is 13.2. The van der Waals surface area contributed by atoms with Crippen molar-refractivity contribution in [2.45, 2.75) is 52.2 Å². The topological polar surface area (TPSA) is 100 Å². The summed E-state index contributed by atoms with van der Waals surface area (Å²) < 4.78 is 12.1. The van der Waals surface area contributed by atoms with Crippen LogP contribution in [0.1, 0.15) is 38.8 Å². The summed E-state index contributed by atoms with van der Waals surface area (Å²) in [6.45, 7) is 7.24. The van der Waals surface area contributed by atoms with Crippen LogP contribution in [0, 0.1) is 0 Å². The predicted molar refractivity (Wildman–Crippen MR) is 111 cm³/mol. The lowest BCUT2D eigenvalue weighted by Gasteiger charge is -2.24. The predicted octanol–water partition coefficient (Wildman–Crippen LogP) is 3.94. The summed E-state index contributed by atoms with van der Waals surface area (Å²) >= 11 is 0. The molecule has 0 saturated carbocycles. The summed E-state index contributed by atoms with van der Waals surface area (Å²) in [6.07, 6.45) is 2.17. The fourth-order valence-electron chi connectivity index (χ4n) is 3.74. The first-order chi connectivity index (χ1) is 13.6. The van der Waals surface area contributed by atoms with E-state index < -0.39 is 17.1 Å². The minimum Gasteiger partial charge on any atom is -0.508 e. The Balaban J connectivity index is 2.10. The fourth-order valence-corrected chi connectivity index (χ4v) is 3.74. The number of aromatic hydroxyl groups is 2. The highest BCUT2D eigenvalue weighted by Gasteiger charge is 2.39. The van der Waals surface area contributed by atoms with Crippen molar-refractivity contribution in [3.8, 4) is 17.2 Å². The normalized spacial score (nSPS) is 16.1. The van der Waals surface area contributed by atoms with Gasteiger partial charge in [0.05, 0.1) is 11.0 Å². The second kappa shape index (κ2) is 6.52. The zero-order chi connectivity index (χ0) is 21.1. The molecule has 1 atom stereocenters. The minimum atomic E-state index is -1.13. The molecule has 1 aromatic heterocycles. The molecule has 6 heteroatoms. The summed E-state index contributed by atoms with van der Waals surface area (Å²) in [5.74, 6) is 0.211. The van der Waals surface area contributed by atoms with Crippen molar-refractivity contribution >= 4 is 21.9 Å². The Morgan fingerprint density at radius 3 is 2.66 bits per heavy atom. The molecule has 1 aliphatic heterocycles. The van der Waals surface area contributed by atoms with E-state index in [9.17, 15) is 20.1 Å². The van der Waals surface area contributed by atoms with Gasteiger partial charge in [0.15, 0.2) is 0 Å². The van der Waals surface area contributed by atoms with Crippen LogP contribution in [-0.2, 0) is 12.8 Å². The van der Waals surface area contributed by atoms with Gasteiger partial charge >= 0.3 is 0 Å². The van der Waals surface area contributed by atoms with Crippen molar-refractivity contribution in [2.24, 2.45) is 0 Å². The molecule has 0 aliphatic carbocycles. The van der Waals surface area contributed by atoms with E-state index >= 15 is 0 Å². The molecule has 0 radical (unpaired) electrons. The molecule has 0 spiro atoms. The lowest BCUT2D eigenvalue weighted by Crippen LogP contribution is -2.39. The molecule has 2 heterocycles. The van der Waals surface area contributed by atoms with Crippen LogP contribution in [-0.4, -0.2) is 27.0 Å². The van der Waals surface area contributed by atoms with Crippen LogP contribution >= 0.6 is 0 Å². The molecule has 6 nitrogen and oxygen atoms in total. The smallest absolute Gasteiger partial charge is 0.204 e. The average Bonchev–Trinajstić information content (AvgIpc) is 3.08. The minimum absolute atomic E-state index is 0.0556. The van der Waals surface area contributed by atoms with Crippen molar-refractivity contribution in [1.29, 1.82) is 0 Å². The molecule has 0 fully saturated rings. The number of aliphatic hydroxyl groups is 1. The SMILES string of the molecule is CC(C)=CCc1c2c(c(O)c3c(=O)c4cc(O)ccc4oc13)C[C@@H](C(C)(C)O)O2. The molecule has 0 amide bonds. The Hall–Kier alpha value is -2.99. The van der Waals surface area contributed by atoms with Crippen LogP contribution in [0.4, 0.5) is 0 Å². The highest BCUT2D eigenvalue weighted by molar-refractivity contribution is 5.97. The molecular formula is C23H24O6. The van der Waals surface area contributed by atoms with Crippen molar-refractivity contribution in [3.05, 3.63) is 51.2 Å². The molecule has 4 rings (SSSR count). The number of fused-ring (bicyclic) bond motifs is 3. The Bertz CT molecular complexity index is 1220. The summed E-state index contributed by atoms with van der Waals surface area (Å²) in [7, 11) is 0. The molecule has 0 bridgehead atoms. The van der Waals surface area contributed by atoms with Gasteiger partial charge in [-0.15, -0.1) is 0 Å². The Kier molecular flexibility index (Phi) is 4.35. The molecule has 0 unspecified atom stereocenters. The molecule has 152 valence electrons. The zero-order valence-corrected chi connectivity index (χ0v) is 16.9. The monoisotopic (exact) mass is 396 g/mol. The second-order valence-corrected chi connectivity index (χ2v) is 8.40. The van der Waals surface area contributed by atoms with Crippen LogP contribution in [0.2, 0.25) is 0 Å². The van der Waals surface area contributed by atoms with E-state index in [1.165, 1.54) is 18.2 Å². The highest BCUT2D eigenvalue weighted by atomic mass is 16.5. The summed E-state index contributed by atoms with van der Waals surface area (Å²) in [5.41, 5.74) is 1.28. The van der Waals surface area contributed by atoms with Gasteiger partial charge in [-0.2, -0.15) is 0 Å². The van der Waals surface area contributed by atoms with Crippen LogP contribution < -0.4 is 10.2 Å². The van der Waals surface area contributed by atoms with Gasteiger partial charge in [0.1, 0.15) is 39.9 Å². The van der Waals surface area contributed by atoms with E-state index in [0.717, 1.165) is 5.57 Å². The summed E-state index contributed by atoms with van der Waals surface area (Å²) in [5, 5.41) is 31.4. The molecule has 0 saturated heterocycles. The van der Waals surface area contributed by atoms with Gasteiger partial charge < -0.3 is 24.5 Å². The molecule has 3 aromatic rings. The quantitative estimate of drug-likeness (QED) is 0.458. The van der Waals surface area contributed by atoms with Crippen LogP contribution in [0.15, 0.2) is 39.1 Å². The van der Waals surface area contributed by atoms with Gasteiger partial charge in [-0.3, -0.25) is 4.79 Å². The molecular weight excluding hydrogens is 372 g/mol. The van der Waals surface area contributed by atoms with Gasteiger partial charge in [-0.05, 0) is 52.3 Å². The Labute approximate surface area is 167 Å². The Morgan fingerprint density at radius 2 is 2.00 bits per heavy atom. The zero-order valence-electron chi connectivity index (χ0n) is 16.9. The molecule has 29 heavy (non-hydrogen) atoms.